The molecule has 2 amide bonds. The van der Waals surface area contributed by atoms with Gasteiger partial charge in [0.1, 0.15) is 5.75 Å². The summed E-state index contributed by atoms with van der Waals surface area (Å²) in [6.07, 6.45) is 2.61. The molecular formula is C20H18N4O3. The molecule has 2 N–H and O–H groups in total. The molecule has 136 valence electrons. The van der Waals surface area contributed by atoms with Crippen LogP contribution in [0.3, 0.4) is 0 Å². The molecule has 4 rings (SSSR count). The van der Waals surface area contributed by atoms with Crippen LogP contribution < -0.4 is 15.4 Å². The van der Waals surface area contributed by atoms with Crippen LogP contribution in [-0.4, -0.2) is 27.7 Å². The van der Waals surface area contributed by atoms with Crippen LogP contribution in [-0.2, 0) is 9.59 Å². The summed E-state index contributed by atoms with van der Waals surface area (Å²) in [5.41, 5.74) is 3.18. The van der Waals surface area contributed by atoms with Crippen molar-refractivity contribution in [3.63, 3.8) is 0 Å². The molecule has 27 heavy (non-hydrogen) atoms. The maximum atomic E-state index is 12.3. The number of rotatable bonds is 4. The Morgan fingerprint density at radius 1 is 1.26 bits per heavy atom. The first-order valence-electron chi connectivity index (χ1n) is 8.56. The van der Waals surface area contributed by atoms with Crippen LogP contribution in [0.2, 0.25) is 0 Å². The van der Waals surface area contributed by atoms with Crippen molar-refractivity contribution < 1.29 is 14.3 Å². The van der Waals surface area contributed by atoms with Crippen LogP contribution in [0.5, 0.6) is 5.75 Å². The molecule has 7 nitrogen and oxygen atoms in total. The maximum absolute atomic E-state index is 12.3. The van der Waals surface area contributed by atoms with E-state index in [9.17, 15) is 9.59 Å². The monoisotopic (exact) mass is 362 g/mol. The number of anilines is 2. The molecule has 7 heteroatoms. The Labute approximate surface area is 156 Å². The van der Waals surface area contributed by atoms with Crippen LogP contribution in [0.4, 0.5) is 11.4 Å². The smallest absolute Gasteiger partial charge is 0.266 e. The van der Waals surface area contributed by atoms with E-state index < -0.39 is 6.10 Å². The van der Waals surface area contributed by atoms with Gasteiger partial charge in [-0.25, -0.2) is 4.68 Å². The van der Waals surface area contributed by atoms with Gasteiger partial charge in [0.15, 0.2) is 6.10 Å². The minimum atomic E-state index is -0.858. The number of amides is 2. The maximum Gasteiger partial charge on any atom is 0.266 e. The fourth-order valence-corrected chi connectivity index (χ4v) is 2.90. The standard InChI is InChI=1S/C20H18N4O3/c1-13-3-8-17-16(11-13)23-20(26)18(27-17)12-19(25)22-14-4-6-15(7-5-14)24-10-2-9-21-24/h2-11,18H,12H2,1H3,(H,22,25)(H,23,26). The van der Waals surface area contributed by atoms with Crippen LogP contribution in [0.25, 0.3) is 5.69 Å². The van der Waals surface area contributed by atoms with Crippen molar-refractivity contribution in [3.8, 4) is 11.4 Å². The molecule has 1 unspecified atom stereocenters. The van der Waals surface area contributed by atoms with Gasteiger partial charge in [-0.1, -0.05) is 6.07 Å². The summed E-state index contributed by atoms with van der Waals surface area (Å²) in [5.74, 6) is -0.0450. The van der Waals surface area contributed by atoms with Gasteiger partial charge in [0.2, 0.25) is 5.91 Å². The predicted molar refractivity (Wildman–Crippen MR) is 101 cm³/mol. The van der Waals surface area contributed by atoms with E-state index >= 15 is 0 Å². The highest BCUT2D eigenvalue weighted by molar-refractivity contribution is 6.02. The molecular weight excluding hydrogens is 344 g/mol. The molecule has 0 aliphatic carbocycles. The average molecular weight is 362 g/mol. The Balaban J connectivity index is 1.39. The van der Waals surface area contributed by atoms with Crippen molar-refractivity contribution in [1.82, 2.24) is 9.78 Å². The van der Waals surface area contributed by atoms with E-state index in [1.54, 1.807) is 29.1 Å². The number of hydrogen-bond acceptors (Lipinski definition) is 4. The number of nitrogens with zero attached hydrogens (tertiary/aromatic N) is 2. The lowest BCUT2D eigenvalue weighted by molar-refractivity contribution is -0.128. The number of benzene rings is 2. The first-order chi connectivity index (χ1) is 13.1. The number of carbonyl (C=O) groups is 2. The summed E-state index contributed by atoms with van der Waals surface area (Å²) >= 11 is 0. The highest BCUT2D eigenvalue weighted by atomic mass is 16.5. The van der Waals surface area contributed by atoms with Gasteiger partial charge in [0.25, 0.3) is 5.91 Å². The quantitative estimate of drug-likeness (QED) is 0.747. The first kappa shape index (κ1) is 16.8. The zero-order chi connectivity index (χ0) is 18.8. The van der Waals surface area contributed by atoms with E-state index in [1.807, 2.05) is 43.5 Å². The van der Waals surface area contributed by atoms with Crippen molar-refractivity contribution in [2.24, 2.45) is 0 Å². The van der Waals surface area contributed by atoms with Crippen molar-refractivity contribution in [2.45, 2.75) is 19.4 Å². The summed E-state index contributed by atoms with van der Waals surface area (Å²) in [5, 5.41) is 9.73. The fraction of sp³-hybridized carbons (Fsp3) is 0.150. The molecule has 0 spiro atoms. The number of aryl methyl sites for hydroxylation is 1. The Kier molecular flexibility index (Phi) is 4.33. The Hall–Kier alpha value is -3.61. The number of carbonyl (C=O) groups excluding carboxylic acids is 2. The summed E-state index contributed by atoms with van der Waals surface area (Å²) < 4.78 is 7.42. The summed E-state index contributed by atoms with van der Waals surface area (Å²) in [6, 6.07) is 14.6. The van der Waals surface area contributed by atoms with Crippen LogP contribution >= 0.6 is 0 Å². The fourth-order valence-electron chi connectivity index (χ4n) is 2.90. The summed E-state index contributed by atoms with van der Waals surface area (Å²) in [4.78, 5) is 24.5. The van der Waals surface area contributed by atoms with Crippen LogP contribution in [0, 0.1) is 6.92 Å². The van der Waals surface area contributed by atoms with Gasteiger partial charge in [-0.05, 0) is 55.0 Å². The Bertz CT molecular complexity index is 981. The molecule has 2 heterocycles. The molecule has 1 aliphatic heterocycles. The molecule has 1 atom stereocenters. The van der Waals surface area contributed by atoms with E-state index in [2.05, 4.69) is 15.7 Å². The van der Waals surface area contributed by atoms with Crippen molar-refractivity contribution in [2.75, 3.05) is 10.6 Å². The molecule has 2 aromatic carbocycles. The van der Waals surface area contributed by atoms with E-state index in [1.165, 1.54) is 0 Å². The third-order valence-electron chi connectivity index (χ3n) is 4.25. The third-order valence-corrected chi connectivity index (χ3v) is 4.25. The lowest BCUT2D eigenvalue weighted by atomic mass is 10.1. The summed E-state index contributed by atoms with van der Waals surface area (Å²) in [7, 11) is 0. The minimum Gasteiger partial charge on any atom is -0.478 e. The average Bonchev–Trinajstić information content (AvgIpc) is 3.18. The van der Waals surface area contributed by atoms with Gasteiger partial charge >= 0.3 is 0 Å². The van der Waals surface area contributed by atoms with Crippen molar-refractivity contribution >= 4 is 23.2 Å². The van der Waals surface area contributed by atoms with E-state index in [4.69, 9.17) is 4.74 Å². The van der Waals surface area contributed by atoms with Gasteiger partial charge in [-0.3, -0.25) is 9.59 Å². The first-order valence-corrected chi connectivity index (χ1v) is 8.56. The zero-order valence-electron chi connectivity index (χ0n) is 14.7. The normalized spacial score (nSPS) is 15.4. The topological polar surface area (TPSA) is 85.3 Å². The molecule has 0 fully saturated rings. The highest BCUT2D eigenvalue weighted by Crippen LogP contribution is 2.31. The van der Waals surface area contributed by atoms with E-state index in [0.717, 1.165) is 11.3 Å². The van der Waals surface area contributed by atoms with Gasteiger partial charge in [0, 0.05) is 18.1 Å². The number of fused-ring (bicyclic) bond motifs is 1. The second-order valence-corrected chi connectivity index (χ2v) is 6.35. The molecule has 0 saturated carbocycles. The highest BCUT2D eigenvalue weighted by Gasteiger charge is 2.29. The van der Waals surface area contributed by atoms with Crippen LogP contribution in [0.1, 0.15) is 12.0 Å². The third kappa shape index (κ3) is 3.67. The number of hydrogen-bond donors (Lipinski definition) is 2. The van der Waals surface area contributed by atoms with E-state index in [0.29, 0.717) is 17.1 Å². The van der Waals surface area contributed by atoms with Gasteiger partial charge in [-0.2, -0.15) is 5.10 Å². The minimum absolute atomic E-state index is 0.0694. The molecule has 1 aliphatic rings. The Morgan fingerprint density at radius 3 is 2.81 bits per heavy atom. The Morgan fingerprint density at radius 2 is 2.07 bits per heavy atom. The van der Waals surface area contributed by atoms with Crippen molar-refractivity contribution in [3.05, 3.63) is 66.5 Å². The summed E-state index contributed by atoms with van der Waals surface area (Å²) in [6.45, 7) is 1.93. The SMILES string of the molecule is Cc1ccc2c(c1)NC(=O)C(CC(=O)Nc1ccc(-n3cccn3)cc1)O2. The second kappa shape index (κ2) is 6.95. The number of aromatic nitrogens is 2. The van der Waals surface area contributed by atoms with Gasteiger partial charge < -0.3 is 15.4 Å². The second-order valence-electron chi connectivity index (χ2n) is 6.35. The van der Waals surface area contributed by atoms with Crippen LogP contribution in [0.15, 0.2) is 60.9 Å². The van der Waals surface area contributed by atoms with Gasteiger partial charge in [-0.15, -0.1) is 0 Å². The largest absolute Gasteiger partial charge is 0.478 e. The molecule has 0 saturated heterocycles. The zero-order valence-corrected chi connectivity index (χ0v) is 14.7. The molecule has 1 aromatic heterocycles. The number of ether oxygens (including phenoxy) is 1. The lowest BCUT2D eigenvalue weighted by Crippen LogP contribution is -2.39. The number of nitrogens with one attached hydrogen (secondary N) is 2. The van der Waals surface area contributed by atoms with Crippen molar-refractivity contribution in [1.29, 1.82) is 0 Å². The molecule has 0 radical (unpaired) electrons. The predicted octanol–water partition coefficient (Wildman–Crippen LogP) is 2.91. The molecule has 3 aromatic rings. The molecule has 0 bridgehead atoms. The van der Waals surface area contributed by atoms with E-state index in [-0.39, 0.29) is 18.2 Å². The van der Waals surface area contributed by atoms with Gasteiger partial charge in [0.05, 0.1) is 17.8 Å². The lowest BCUT2D eigenvalue weighted by Gasteiger charge is -2.25.